The first-order valence-corrected chi connectivity index (χ1v) is 11.9. The number of hydrogen-bond acceptors (Lipinski definition) is 3. The van der Waals surface area contributed by atoms with Crippen LogP contribution in [-0.2, 0) is 6.42 Å². The van der Waals surface area contributed by atoms with E-state index in [4.69, 9.17) is 4.42 Å². The second-order valence-electron chi connectivity index (χ2n) is 8.62. The third kappa shape index (κ3) is 5.20. The van der Waals surface area contributed by atoms with Crippen LogP contribution >= 0.6 is 0 Å². The van der Waals surface area contributed by atoms with Gasteiger partial charge in [0.05, 0.1) is 17.9 Å². The number of nitrogens with one attached hydrogen (secondary N) is 2. The van der Waals surface area contributed by atoms with Gasteiger partial charge in [0.1, 0.15) is 5.58 Å². The molecule has 5 nitrogen and oxygen atoms in total. The number of rotatable bonds is 8. The second-order valence-corrected chi connectivity index (χ2v) is 8.62. The Morgan fingerprint density at radius 1 is 0.694 bits per heavy atom. The van der Waals surface area contributed by atoms with E-state index >= 15 is 0 Å². The summed E-state index contributed by atoms with van der Waals surface area (Å²) in [6.45, 7) is 0.279. The van der Waals surface area contributed by atoms with Gasteiger partial charge < -0.3 is 15.1 Å². The molecule has 4 aromatic carbocycles. The van der Waals surface area contributed by atoms with E-state index < -0.39 is 0 Å². The lowest BCUT2D eigenvalue weighted by molar-refractivity contribution is 0.0909. The molecule has 2 N–H and O–H groups in total. The van der Waals surface area contributed by atoms with Crippen LogP contribution in [0.1, 0.15) is 26.3 Å². The molecule has 178 valence electrons. The number of amides is 2. The second kappa shape index (κ2) is 10.7. The molecule has 0 unspecified atom stereocenters. The number of hydrogen-bond donors (Lipinski definition) is 2. The maximum atomic E-state index is 13.5. The monoisotopic (exact) mass is 474 g/mol. The molecule has 5 rings (SSSR count). The Balaban J connectivity index is 1.36. The molecular weight excluding hydrogens is 448 g/mol. The minimum absolute atomic E-state index is 0.179. The van der Waals surface area contributed by atoms with Crippen LogP contribution in [-0.4, -0.2) is 24.4 Å². The van der Waals surface area contributed by atoms with Crippen molar-refractivity contribution < 1.29 is 14.0 Å². The predicted molar refractivity (Wildman–Crippen MR) is 142 cm³/mol. The highest BCUT2D eigenvalue weighted by atomic mass is 16.3. The number of benzene rings is 4. The highest BCUT2D eigenvalue weighted by molar-refractivity contribution is 6.06. The molecule has 0 radical (unpaired) electrons. The van der Waals surface area contributed by atoms with Gasteiger partial charge in [-0.15, -0.1) is 0 Å². The van der Waals surface area contributed by atoms with Gasteiger partial charge >= 0.3 is 0 Å². The fourth-order valence-corrected chi connectivity index (χ4v) is 4.39. The molecule has 1 aromatic heterocycles. The molecular formula is C31H26N2O3. The standard InChI is InChI=1S/C31H26N2O3/c34-30(28-16-9-17-29-26(28)18-19-36-29)32-21-24(20-22-10-3-1-4-11-22)33-31(35)27-15-8-7-14-25(27)23-12-5-2-6-13-23/h1-19,24H,20-21H2,(H,32,34)(H,33,35)/t24-/m0/s1. The van der Waals surface area contributed by atoms with Crippen LogP contribution in [0.5, 0.6) is 0 Å². The van der Waals surface area contributed by atoms with Gasteiger partial charge in [-0.05, 0) is 47.4 Å². The van der Waals surface area contributed by atoms with Crippen LogP contribution < -0.4 is 10.6 Å². The molecule has 2 amide bonds. The maximum Gasteiger partial charge on any atom is 0.252 e. The van der Waals surface area contributed by atoms with E-state index in [1.54, 1.807) is 24.5 Å². The number of carbonyl (C=O) groups is 2. The summed E-state index contributed by atoms with van der Waals surface area (Å²) in [5, 5.41) is 6.93. The minimum Gasteiger partial charge on any atom is -0.464 e. The van der Waals surface area contributed by atoms with E-state index in [9.17, 15) is 9.59 Å². The van der Waals surface area contributed by atoms with Gasteiger partial charge in [-0.2, -0.15) is 0 Å². The van der Waals surface area contributed by atoms with Gasteiger partial charge in [-0.25, -0.2) is 0 Å². The van der Waals surface area contributed by atoms with Crippen molar-refractivity contribution in [1.82, 2.24) is 10.6 Å². The Morgan fingerprint density at radius 3 is 2.19 bits per heavy atom. The zero-order valence-electron chi connectivity index (χ0n) is 19.7. The lowest BCUT2D eigenvalue weighted by Crippen LogP contribution is -2.45. The van der Waals surface area contributed by atoms with E-state index in [2.05, 4.69) is 10.6 Å². The van der Waals surface area contributed by atoms with Crippen molar-refractivity contribution in [3.8, 4) is 11.1 Å². The predicted octanol–water partition coefficient (Wildman–Crippen LogP) is 5.87. The summed E-state index contributed by atoms with van der Waals surface area (Å²) in [5.74, 6) is -0.388. The van der Waals surface area contributed by atoms with Gasteiger partial charge in [-0.3, -0.25) is 9.59 Å². The van der Waals surface area contributed by atoms with Crippen molar-refractivity contribution in [2.45, 2.75) is 12.5 Å². The molecule has 0 spiro atoms. The molecule has 0 bridgehead atoms. The summed E-state index contributed by atoms with van der Waals surface area (Å²) < 4.78 is 5.43. The average molecular weight is 475 g/mol. The van der Waals surface area contributed by atoms with Crippen LogP contribution in [0.25, 0.3) is 22.1 Å². The Hall–Kier alpha value is -4.64. The normalized spacial score (nSPS) is 11.7. The first-order chi connectivity index (χ1) is 17.7. The first-order valence-electron chi connectivity index (χ1n) is 11.9. The summed E-state index contributed by atoms with van der Waals surface area (Å²) in [4.78, 5) is 26.5. The topological polar surface area (TPSA) is 71.3 Å². The minimum atomic E-state index is -0.309. The van der Waals surface area contributed by atoms with Crippen LogP contribution in [0.2, 0.25) is 0 Å². The molecule has 0 aliphatic carbocycles. The molecule has 0 fully saturated rings. The van der Waals surface area contributed by atoms with Gasteiger partial charge in [0.15, 0.2) is 0 Å². The highest BCUT2D eigenvalue weighted by Gasteiger charge is 2.19. The van der Waals surface area contributed by atoms with Crippen LogP contribution in [0.15, 0.2) is 120 Å². The van der Waals surface area contributed by atoms with E-state index in [1.807, 2.05) is 91.0 Å². The lowest BCUT2D eigenvalue weighted by Gasteiger charge is -2.21. The largest absolute Gasteiger partial charge is 0.464 e. The van der Waals surface area contributed by atoms with E-state index in [-0.39, 0.29) is 24.4 Å². The summed E-state index contributed by atoms with van der Waals surface area (Å²) >= 11 is 0. The number of carbonyl (C=O) groups excluding carboxylic acids is 2. The summed E-state index contributed by atoms with van der Waals surface area (Å²) in [6.07, 6.45) is 2.15. The summed E-state index contributed by atoms with van der Waals surface area (Å²) in [7, 11) is 0. The first kappa shape index (κ1) is 23.1. The van der Waals surface area contributed by atoms with Gasteiger partial charge in [0.25, 0.3) is 11.8 Å². The van der Waals surface area contributed by atoms with Crippen LogP contribution in [0, 0.1) is 0 Å². The fourth-order valence-electron chi connectivity index (χ4n) is 4.39. The van der Waals surface area contributed by atoms with Crippen molar-refractivity contribution in [2.24, 2.45) is 0 Å². The van der Waals surface area contributed by atoms with Crippen molar-refractivity contribution in [2.75, 3.05) is 6.54 Å². The van der Waals surface area contributed by atoms with E-state index in [0.717, 1.165) is 22.1 Å². The van der Waals surface area contributed by atoms with E-state index in [0.29, 0.717) is 23.1 Å². The zero-order chi connectivity index (χ0) is 24.7. The third-order valence-corrected chi connectivity index (χ3v) is 6.17. The van der Waals surface area contributed by atoms with Gasteiger partial charge in [0, 0.05) is 17.5 Å². The Bertz CT molecular complexity index is 1480. The molecule has 0 saturated carbocycles. The molecule has 1 heterocycles. The van der Waals surface area contributed by atoms with Crippen molar-refractivity contribution >= 4 is 22.8 Å². The van der Waals surface area contributed by atoms with Crippen LogP contribution in [0.4, 0.5) is 0 Å². The third-order valence-electron chi connectivity index (χ3n) is 6.17. The van der Waals surface area contributed by atoms with Crippen LogP contribution in [0.3, 0.4) is 0 Å². The molecule has 0 aliphatic heterocycles. The number of fused-ring (bicyclic) bond motifs is 1. The summed E-state index contributed by atoms with van der Waals surface area (Å²) in [5.41, 5.74) is 4.71. The van der Waals surface area contributed by atoms with Crippen molar-refractivity contribution in [1.29, 1.82) is 0 Å². The zero-order valence-corrected chi connectivity index (χ0v) is 19.7. The van der Waals surface area contributed by atoms with Gasteiger partial charge in [-0.1, -0.05) is 84.9 Å². The smallest absolute Gasteiger partial charge is 0.252 e. The molecule has 36 heavy (non-hydrogen) atoms. The van der Waals surface area contributed by atoms with E-state index in [1.165, 1.54) is 0 Å². The Labute approximate surface area is 209 Å². The van der Waals surface area contributed by atoms with Gasteiger partial charge in [0.2, 0.25) is 0 Å². The molecule has 1 atom stereocenters. The molecule has 0 aliphatic rings. The Morgan fingerprint density at radius 2 is 1.39 bits per heavy atom. The number of furan rings is 1. The highest BCUT2D eigenvalue weighted by Crippen LogP contribution is 2.24. The van der Waals surface area contributed by atoms with Crippen molar-refractivity contribution in [3.63, 3.8) is 0 Å². The molecule has 5 aromatic rings. The SMILES string of the molecule is O=C(N[C@H](CNC(=O)c1cccc2occc12)Cc1ccccc1)c1ccccc1-c1ccccc1. The average Bonchev–Trinajstić information content (AvgIpc) is 3.42. The maximum absolute atomic E-state index is 13.5. The molecule has 0 saturated heterocycles. The Kier molecular flexibility index (Phi) is 6.90. The summed E-state index contributed by atoms with van der Waals surface area (Å²) in [6, 6.07) is 34.2. The van der Waals surface area contributed by atoms with Crippen molar-refractivity contribution in [3.05, 3.63) is 132 Å². The quantitative estimate of drug-likeness (QED) is 0.295. The lowest BCUT2D eigenvalue weighted by atomic mass is 9.98. The molecule has 5 heteroatoms. The fraction of sp³-hybridized carbons (Fsp3) is 0.0968.